The average Bonchev–Trinajstić information content (AvgIpc) is 2.83. The predicted molar refractivity (Wildman–Crippen MR) is 72.6 cm³/mol. The van der Waals surface area contributed by atoms with Gasteiger partial charge < -0.3 is 9.52 Å². The Morgan fingerprint density at radius 1 is 1.29 bits per heavy atom. The van der Waals surface area contributed by atoms with Gasteiger partial charge in [-0.1, -0.05) is 20.8 Å². The molecule has 1 fully saturated rings. The zero-order valence-electron chi connectivity index (χ0n) is 12.5. The summed E-state index contributed by atoms with van der Waals surface area (Å²) in [6, 6.07) is 0. The van der Waals surface area contributed by atoms with E-state index in [-0.39, 0.29) is 17.2 Å². The molecule has 0 aromatic carbocycles. The minimum Gasteiger partial charge on any atom is -0.475 e. The summed E-state index contributed by atoms with van der Waals surface area (Å²) >= 11 is 0. The maximum Gasteiger partial charge on any atom is 0.374 e. The lowest BCUT2D eigenvalue weighted by Gasteiger charge is -2.36. The summed E-state index contributed by atoms with van der Waals surface area (Å²) in [7, 11) is 0. The van der Waals surface area contributed by atoms with Gasteiger partial charge in [-0.3, -0.25) is 0 Å². The Bertz CT molecular complexity index is 511. The van der Waals surface area contributed by atoms with Gasteiger partial charge in [-0.15, -0.1) is 0 Å². The van der Waals surface area contributed by atoms with Crippen molar-refractivity contribution < 1.29 is 23.1 Å². The first-order valence-electron chi connectivity index (χ1n) is 7.22. The first-order chi connectivity index (χ1) is 9.70. The first kappa shape index (κ1) is 15.9. The molecule has 1 aromatic rings. The molecule has 1 aliphatic carbocycles. The second-order valence-corrected chi connectivity index (χ2v) is 6.79. The second-order valence-electron chi connectivity index (χ2n) is 6.79. The summed E-state index contributed by atoms with van der Waals surface area (Å²) in [6.45, 7) is 6.59. The largest absolute Gasteiger partial charge is 0.475 e. The SMILES string of the molecule is CC(C)(C)C1CCC(c2nc(C(F)F)c(C(=O)O)o2)CC1. The Morgan fingerprint density at radius 3 is 2.24 bits per heavy atom. The summed E-state index contributed by atoms with van der Waals surface area (Å²) in [4.78, 5) is 14.7. The molecule has 0 saturated heterocycles. The van der Waals surface area contributed by atoms with Crippen LogP contribution in [-0.4, -0.2) is 16.1 Å². The van der Waals surface area contributed by atoms with Gasteiger partial charge in [-0.2, -0.15) is 0 Å². The van der Waals surface area contributed by atoms with Gasteiger partial charge in [0.1, 0.15) is 0 Å². The number of nitrogens with zero attached hydrogens (tertiary/aromatic N) is 1. The Labute approximate surface area is 122 Å². The van der Waals surface area contributed by atoms with E-state index in [4.69, 9.17) is 9.52 Å². The number of carboxylic acid groups (broad SMARTS) is 1. The van der Waals surface area contributed by atoms with Crippen LogP contribution in [0.3, 0.4) is 0 Å². The number of hydrogen-bond donors (Lipinski definition) is 1. The van der Waals surface area contributed by atoms with E-state index in [9.17, 15) is 13.6 Å². The van der Waals surface area contributed by atoms with Crippen LogP contribution in [0, 0.1) is 11.3 Å². The van der Waals surface area contributed by atoms with Crippen molar-refractivity contribution in [3.8, 4) is 0 Å². The highest BCUT2D eigenvalue weighted by Gasteiger charge is 2.34. The monoisotopic (exact) mass is 301 g/mol. The van der Waals surface area contributed by atoms with Crippen molar-refractivity contribution in [3.05, 3.63) is 17.3 Å². The van der Waals surface area contributed by atoms with Crippen molar-refractivity contribution in [3.63, 3.8) is 0 Å². The van der Waals surface area contributed by atoms with Crippen molar-refractivity contribution >= 4 is 5.97 Å². The van der Waals surface area contributed by atoms with E-state index in [1.54, 1.807) is 0 Å². The Balaban J connectivity index is 2.14. The zero-order chi connectivity index (χ0) is 15.8. The van der Waals surface area contributed by atoms with E-state index in [1.165, 1.54) is 0 Å². The molecule has 21 heavy (non-hydrogen) atoms. The number of hydrogen-bond acceptors (Lipinski definition) is 3. The number of halogens is 2. The molecule has 1 N–H and O–H groups in total. The number of aromatic carboxylic acids is 1. The van der Waals surface area contributed by atoms with Gasteiger partial charge in [-0.05, 0) is 37.0 Å². The number of aromatic nitrogens is 1. The molecule has 1 aliphatic rings. The highest BCUT2D eigenvalue weighted by Crippen LogP contribution is 2.43. The molecule has 0 aliphatic heterocycles. The smallest absolute Gasteiger partial charge is 0.374 e. The summed E-state index contributed by atoms with van der Waals surface area (Å²) in [5.74, 6) is -1.55. The van der Waals surface area contributed by atoms with Gasteiger partial charge in [0.2, 0.25) is 5.76 Å². The van der Waals surface area contributed by atoms with Crippen LogP contribution in [0.4, 0.5) is 8.78 Å². The molecule has 118 valence electrons. The molecule has 0 amide bonds. The molecule has 6 heteroatoms. The highest BCUT2D eigenvalue weighted by molar-refractivity contribution is 5.85. The lowest BCUT2D eigenvalue weighted by atomic mass is 9.70. The van der Waals surface area contributed by atoms with Crippen LogP contribution in [-0.2, 0) is 0 Å². The topological polar surface area (TPSA) is 63.3 Å². The summed E-state index contributed by atoms with van der Waals surface area (Å²) in [5, 5.41) is 8.91. The number of rotatable bonds is 3. The van der Waals surface area contributed by atoms with E-state index >= 15 is 0 Å². The minimum atomic E-state index is -2.93. The molecular formula is C15H21F2NO3. The third kappa shape index (κ3) is 3.41. The van der Waals surface area contributed by atoms with Gasteiger partial charge in [0.05, 0.1) is 0 Å². The third-order valence-corrected chi connectivity index (χ3v) is 4.37. The molecule has 1 heterocycles. The molecule has 1 aromatic heterocycles. The lowest BCUT2D eigenvalue weighted by Crippen LogP contribution is -2.25. The van der Waals surface area contributed by atoms with Crippen molar-refractivity contribution in [2.75, 3.05) is 0 Å². The van der Waals surface area contributed by atoms with Crippen molar-refractivity contribution in [1.29, 1.82) is 0 Å². The third-order valence-electron chi connectivity index (χ3n) is 4.37. The number of alkyl halides is 2. The number of carboxylic acids is 1. The Hall–Kier alpha value is -1.46. The van der Waals surface area contributed by atoms with Crippen LogP contribution >= 0.6 is 0 Å². The number of carbonyl (C=O) groups is 1. The molecule has 0 bridgehead atoms. The fourth-order valence-corrected chi connectivity index (χ4v) is 3.03. The normalized spacial score (nSPS) is 23.5. The lowest BCUT2D eigenvalue weighted by molar-refractivity contribution is 0.0642. The summed E-state index contributed by atoms with van der Waals surface area (Å²) in [5.41, 5.74) is -0.530. The number of oxazole rings is 1. The fourth-order valence-electron chi connectivity index (χ4n) is 3.03. The highest BCUT2D eigenvalue weighted by atomic mass is 19.3. The Morgan fingerprint density at radius 2 is 1.86 bits per heavy atom. The van der Waals surface area contributed by atoms with E-state index in [0.717, 1.165) is 25.7 Å². The van der Waals surface area contributed by atoms with Crippen molar-refractivity contribution in [1.82, 2.24) is 4.98 Å². The second kappa shape index (κ2) is 5.73. The van der Waals surface area contributed by atoms with Gasteiger partial charge in [-0.25, -0.2) is 18.6 Å². The predicted octanol–water partition coefficient (Wildman–Crippen LogP) is 4.63. The van der Waals surface area contributed by atoms with Crippen LogP contribution in [0.25, 0.3) is 0 Å². The van der Waals surface area contributed by atoms with E-state index in [1.807, 2.05) is 0 Å². The zero-order valence-corrected chi connectivity index (χ0v) is 12.5. The molecule has 0 atom stereocenters. The molecular weight excluding hydrogens is 280 g/mol. The average molecular weight is 301 g/mol. The molecule has 0 spiro atoms. The van der Waals surface area contributed by atoms with E-state index < -0.39 is 23.8 Å². The van der Waals surface area contributed by atoms with Gasteiger partial charge in [0.25, 0.3) is 6.43 Å². The molecule has 0 unspecified atom stereocenters. The minimum absolute atomic E-state index is 0.0609. The van der Waals surface area contributed by atoms with Crippen LogP contribution < -0.4 is 0 Å². The van der Waals surface area contributed by atoms with E-state index in [0.29, 0.717) is 5.92 Å². The van der Waals surface area contributed by atoms with Crippen molar-refractivity contribution in [2.24, 2.45) is 11.3 Å². The van der Waals surface area contributed by atoms with Gasteiger partial charge >= 0.3 is 5.97 Å². The van der Waals surface area contributed by atoms with Gasteiger partial charge in [0.15, 0.2) is 11.6 Å². The van der Waals surface area contributed by atoms with Crippen LogP contribution in [0.1, 0.15) is 80.9 Å². The summed E-state index contributed by atoms with van der Waals surface area (Å²) < 4.78 is 30.7. The Kier molecular flexibility index (Phi) is 4.35. The van der Waals surface area contributed by atoms with Crippen LogP contribution in [0.2, 0.25) is 0 Å². The van der Waals surface area contributed by atoms with Gasteiger partial charge in [0, 0.05) is 5.92 Å². The molecule has 1 saturated carbocycles. The van der Waals surface area contributed by atoms with E-state index in [2.05, 4.69) is 25.8 Å². The molecule has 4 nitrogen and oxygen atoms in total. The molecule has 2 rings (SSSR count). The van der Waals surface area contributed by atoms with Crippen molar-refractivity contribution in [2.45, 2.75) is 58.8 Å². The fraction of sp³-hybridized carbons (Fsp3) is 0.733. The first-order valence-corrected chi connectivity index (χ1v) is 7.22. The maximum absolute atomic E-state index is 12.8. The maximum atomic E-state index is 12.8. The quantitative estimate of drug-likeness (QED) is 0.884. The molecule has 0 radical (unpaired) electrons. The van der Waals surface area contributed by atoms with Crippen LogP contribution in [0.15, 0.2) is 4.42 Å². The summed E-state index contributed by atoms with van der Waals surface area (Å²) in [6.07, 6.45) is 0.611. The standard InChI is InChI=1S/C15H21F2NO3/c1-15(2,3)9-6-4-8(5-7-9)13-18-10(12(16)17)11(21-13)14(19)20/h8-9,12H,4-7H2,1-3H3,(H,19,20). The van der Waals surface area contributed by atoms with Crippen LogP contribution in [0.5, 0.6) is 0 Å².